The van der Waals surface area contributed by atoms with Crippen LogP contribution in [-0.2, 0) is 4.74 Å². The quantitative estimate of drug-likeness (QED) is 0.656. The number of carbonyl (C=O) groups is 2. The van der Waals surface area contributed by atoms with Gasteiger partial charge in [-0.25, -0.2) is 9.89 Å². The van der Waals surface area contributed by atoms with Crippen molar-refractivity contribution in [2.75, 3.05) is 11.9 Å². The summed E-state index contributed by atoms with van der Waals surface area (Å²) in [7, 11) is 0. The number of nitrogens with one attached hydrogen (secondary N) is 2. The van der Waals surface area contributed by atoms with Crippen LogP contribution in [0.5, 0.6) is 0 Å². The van der Waals surface area contributed by atoms with Gasteiger partial charge in [0.2, 0.25) is 5.95 Å². The molecule has 0 saturated carbocycles. The molecule has 0 atom stereocenters. The molecule has 0 fully saturated rings. The summed E-state index contributed by atoms with van der Waals surface area (Å²) < 4.78 is 6.20. The molecule has 0 aromatic carbocycles. The minimum Gasteiger partial charge on any atom is -0.462 e. The topological polar surface area (TPSA) is 131 Å². The Bertz CT molecular complexity index is 963. The van der Waals surface area contributed by atoms with Gasteiger partial charge in [-0.05, 0) is 35.5 Å². The molecule has 0 radical (unpaired) electrons. The number of aromatic amines is 1. The van der Waals surface area contributed by atoms with Crippen molar-refractivity contribution in [3.63, 3.8) is 0 Å². The van der Waals surface area contributed by atoms with Crippen molar-refractivity contribution < 1.29 is 14.3 Å². The lowest BCUT2D eigenvalue weighted by Gasteiger charge is -2.09. The van der Waals surface area contributed by atoms with Gasteiger partial charge in [-0.2, -0.15) is 0 Å². The molecule has 0 unspecified atom stereocenters. The van der Waals surface area contributed by atoms with Gasteiger partial charge in [0.15, 0.2) is 0 Å². The van der Waals surface area contributed by atoms with Gasteiger partial charge < -0.3 is 4.74 Å². The van der Waals surface area contributed by atoms with E-state index in [0.717, 1.165) is 0 Å². The molecule has 10 heteroatoms. The number of pyridine rings is 2. The molecule has 3 aromatic heterocycles. The molecular weight excluding hydrogens is 316 g/mol. The van der Waals surface area contributed by atoms with Crippen LogP contribution in [0.4, 0.5) is 5.95 Å². The number of nitrogens with zero attached hydrogens (tertiary/aromatic N) is 4. The van der Waals surface area contributed by atoms with Crippen molar-refractivity contribution in [1.82, 2.24) is 25.0 Å². The predicted molar refractivity (Wildman–Crippen MR) is 81.8 cm³/mol. The highest BCUT2D eigenvalue weighted by Crippen LogP contribution is 2.13. The van der Waals surface area contributed by atoms with Gasteiger partial charge in [0.1, 0.15) is 5.56 Å². The highest BCUT2D eigenvalue weighted by Gasteiger charge is 2.20. The number of anilines is 1. The Morgan fingerprint density at radius 2 is 2.17 bits per heavy atom. The fourth-order valence-electron chi connectivity index (χ4n) is 2.17. The van der Waals surface area contributed by atoms with Gasteiger partial charge >= 0.3 is 5.97 Å². The number of carbonyl (C=O) groups excluding carboxylic acids is 2. The Balaban J connectivity index is 2.14. The smallest absolute Gasteiger partial charge is 0.340 e. The number of hydrogen-bond donors (Lipinski definition) is 2. The van der Waals surface area contributed by atoms with Crippen LogP contribution < -0.4 is 10.9 Å². The minimum atomic E-state index is -0.748. The van der Waals surface area contributed by atoms with Crippen LogP contribution in [0.25, 0.3) is 5.52 Å². The maximum absolute atomic E-state index is 12.5. The van der Waals surface area contributed by atoms with E-state index in [1.165, 1.54) is 16.7 Å². The molecule has 122 valence electrons. The van der Waals surface area contributed by atoms with E-state index >= 15 is 0 Å². The highest BCUT2D eigenvalue weighted by atomic mass is 16.5. The number of amides is 1. The summed E-state index contributed by atoms with van der Waals surface area (Å²) in [5.74, 6) is -1.39. The number of rotatable bonds is 4. The standard InChI is InChI=1S/C14H12N6O4/c1-2-24-13(23)8-7-9(11(21)15-14-16-18-19-17-14)12(22)20-6-4-3-5-10(8)20/h3-7H,2H2,1H3,(H2,15,16,17,18,19,21). The summed E-state index contributed by atoms with van der Waals surface area (Å²) in [6.45, 7) is 1.84. The van der Waals surface area contributed by atoms with Gasteiger partial charge in [-0.3, -0.25) is 19.3 Å². The van der Waals surface area contributed by atoms with E-state index in [1.54, 1.807) is 25.1 Å². The molecule has 2 N–H and O–H groups in total. The molecule has 24 heavy (non-hydrogen) atoms. The molecule has 0 saturated heterocycles. The lowest BCUT2D eigenvalue weighted by molar-refractivity contribution is 0.0528. The van der Waals surface area contributed by atoms with Crippen molar-refractivity contribution in [3.05, 3.63) is 51.9 Å². The first-order valence-electron chi connectivity index (χ1n) is 6.98. The third kappa shape index (κ3) is 2.72. The van der Waals surface area contributed by atoms with Crippen LogP contribution in [0, 0.1) is 0 Å². The molecule has 10 nitrogen and oxygen atoms in total. The maximum atomic E-state index is 12.5. The van der Waals surface area contributed by atoms with E-state index in [4.69, 9.17) is 4.74 Å². The molecule has 3 rings (SSSR count). The third-order valence-corrected chi connectivity index (χ3v) is 3.19. The Morgan fingerprint density at radius 1 is 1.33 bits per heavy atom. The van der Waals surface area contributed by atoms with Crippen LogP contribution >= 0.6 is 0 Å². The minimum absolute atomic E-state index is 0.0183. The van der Waals surface area contributed by atoms with Crippen molar-refractivity contribution in [2.45, 2.75) is 6.92 Å². The molecule has 3 heterocycles. The molecule has 0 aliphatic heterocycles. The van der Waals surface area contributed by atoms with Crippen molar-refractivity contribution in [2.24, 2.45) is 0 Å². The monoisotopic (exact) mass is 328 g/mol. The number of ether oxygens (including phenoxy) is 1. The molecule has 3 aromatic rings. The zero-order valence-corrected chi connectivity index (χ0v) is 12.5. The first-order chi connectivity index (χ1) is 11.6. The van der Waals surface area contributed by atoms with Crippen LogP contribution in [0.1, 0.15) is 27.6 Å². The predicted octanol–water partition coefficient (Wildman–Crippen LogP) is 0.242. The van der Waals surface area contributed by atoms with Gasteiger partial charge in [0.05, 0.1) is 17.7 Å². The van der Waals surface area contributed by atoms with Crippen LogP contribution in [0.2, 0.25) is 0 Å². The number of H-pyrrole nitrogens is 1. The van der Waals surface area contributed by atoms with Crippen molar-refractivity contribution in [3.8, 4) is 0 Å². The largest absolute Gasteiger partial charge is 0.462 e. The second-order valence-corrected chi connectivity index (χ2v) is 4.66. The van der Waals surface area contributed by atoms with E-state index in [9.17, 15) is 14.4 Å². The van der Waals surface area contributed by atoms with E-state index in [1.807, 2.05) is 0 Å². The Morgan fingerprint density at radius 3 is 2.88 bits per heavy atom. The number of aromatic nitrogens is 5. The number of hydrogen-bond acceptors (Lipinski definition) is 7. The second-order valence-electron chi connectivity index (χ2n) is 4.66. The van der Waals surface area contributed by atoms with Gasteiger partial charge in [0, 0.05) is 6.20 Å². The van der Waals surface area contributed by atoms with Crippen LogP contribution in [-0.4, -0.2) is 43.5 Å². The SMILES string of the molecule is CCOC(=O)c1cc(C(=O)Nc2nnn[nH]2)c(=O)n2ccccc12. The molecule has 1 amide bonds. The van der Waals surface area contributed by atoms with Crippen LogP contribution in [0.15, 0.2) is 35.3 Å². The Labute approximate surface area is 134 Å². The summed E-state index contributed by atoms with van der Waals surface area (Å²) in [6.07, 6.45) is 1.47. The van der Waals surface area contributed by atoms with Crippen molar-refractivity contribution in [1.29, 1.82) is 0 Å². The van der Waals surface area contributed by atoms with Gasteiger partial charge in [0.25, 0.3) is 11.5 Å². The van der Waals surface area contributed by atoms with Gasteiger partial charge in [-0.1, -0.05) is 11.2 Å². The van der Waals surface area contributed by atoms with E-state index in [2.05, 4.69) is 25.9 Å². The molecule has 0 aliphatic carbocycles. The number of esters is 1. The maximum Gasteiger partial charge on any atom is 0.340 e. The molecule has 0 bridgehead atoms. The summed E-state index contributed by atoms with van der Waals surface area (Å²) in [6, 6.07) is 6.09. The lowest BCUT2D eigenvalue weighted by Crippen LogP contribution is -2.28. The van der Waals surface area contributed by atoms with E-state index in [-0.39, 0.29) is 23.7 Å². The highest BCUT2D eigenvalue weighted by molar-refractivity contribution is 6.06. The normalized spacial score (nSPS) is 10.5. The Hall–Kier alpha value is -3.56. The molecular formula is C14H12N6O4. The molecule has 0 spiro atoms. The summed E-state index contributed by atoms with van der Waals surface area (Å²) in [5.41, 5.74) is -0.362. The van der Waals surface area contributed by atoms with E-state index in [0.29, 0.717) is 5.52 Å². The second kappa shape index (κ2) is 6.28. The lowest BCUT2D eigenvalue weighted by atomic mass is 10.1. The first-order valence-corrected chi connectivity index (χ1v) is 6.98. The fraction of sp³-hybridized carbons (Fsp3) is 0.143. The summed E-state index contributed by atoms with van der Waals surface area (Å²) in [5, 5.41) is 14.8. The average molecular weight is 328 g/mol. The summed E-state index contributed by atoms with van der Waals surface area (Å²) >= 11 is 0. The number of tetrazole rings is 1. The third-order valence-electron chi connectivity index (χ3n) is 3.19. The Kier molecular flexibility index (Phi) is 4.01. The van der Waals surface area contributed by atoms with Gasteiger partial charge in [-0.15, -0.1) is 0 Å². The van der Waals surface area contributed by atoms with E-state index < -0.39 is 17.4 Å². The average Bonchev–Trinajstić information content (AvgIpc) is 3.08. The first kappa shape index (κ1) is 15.3. The number of fused-ring (bicyclic) bond motifs is 1. The fourth-order valence-corrected chi connectivity index (χ4v) is 2.17. The van der Waals surface area contributed by atoms with Crippen molar-refractivity contribution >= 4 is 23.3 Å². The summed E-state index contributed by atoms with van der Waals surface area (Å²) in [4.78, 5) is 37.0. The molecule has 0 aliphatic rings. The zero-order chi connectivity index (χ0) is 17.1. The zero-order valence-electron chi connectivity index (χ0n) is 12.5. The van der Waals surface area contributed by atoms with Crippen LogP contribution in [0.3, 0.4) is 0 Å².